The summed E-state index contributed by atoms with van der Waals surface area (Å²) in [7, 11) is 0. The molecule has 0 bridgehead atoms. The maximum Gasteiger partial charge on any atom is 0.234 e. The van der Waals surface area contributed by atoms with Crippen LogP contribution < -0.4 is 31.0 Å². The van der Waals surface area contributed by atoms with Crippen LogP contribution >= 0.6 is 0 Å². The highest BCUT2D eigenvalue weighted by Gasteiger charge is 2.37. The predicted molar refractivity (Wildman–Crippen MR) is 73.4 cm³/mol. The van der Waals surface area contributed by atoms with E-state index >= 15 is 0 Å². The zero-order valence-electron chi connectivity index (χ0n) is 11.2. The number of aliphatic imine (C=N–C) groups is 1. The number of nitrogens with zero attached hydrogens (tertiary/aromatic N) is 1. The maximum absolute atomic E-state index is 11.9. The molecule has 0 radical (unpaired) electrons. The average Bonchev–Trinajstić information content (AvgIpc) is 3.13. The van der Waals surface area contributed by atoms with E-state index in [1.165, 1.54) is 0 Å². The fourth-order valence-corrected chi connectivity index (χ4v) is 2.64. The normalized spacial score (nSPS) is 28.2. The van der Waals surface area contributed by atoms with Crippen molar-refractivity contribution in [2.24, 2.45) is 10.9 Å². The second-order valence-corrected chi connectivity index (χ2v) is 5.06. The third kappa shape index (κ3) is 2.18. The van der Waals surface area contributed by atoms with Gasteiger partial charge in [-0.2, -0.15) is 0 Å². The maximum atomic E-state index is 11.9. The molecule has 4 rings (SSSR count). The molecule has 8 nitrogen and oxygen atoms in total. The van der Waals surface area contributed by atoms with Crippen molar-refractivity contribution in [2.45, 2.75) is 12.7 Å². The van der Waals surface area contributed by atoms with Crippen LogP contribution in [0.5, 0.6) is 11.5 Å². The molecular weight excluding hydrogens is 274 g/mol. The highest BCUT2D eigenvalue weighted by atomic mass is 16.7. The van der Waals surface area contributed by atoms with Gasteiger partial charge in [0.05, 0.1) is 12.5 Å². The molecular formula is C13H15N5O3. The van der Waals surface area contributed by atoms with Crippen LogP contribution in [0.25, 0.3) is 0 Å². The molecule has 0 spiro atoms. The summed E-state index contributed by atoms with van der Waals surface area (Å²) in [6, 6.07) is 5.69. The van der Waals surface area contributed by atoms with Gasteiger partial charge in [-0.3, -0.25) is 15.5 Å². The van der Waals surface area contributed by atoms with Gasteiger partial charge in [-0.25, -0.2) is 10.4 Å². The summed E-state index contributed by atoms with van der Waals surface area (Å²) >= 11 is 0. The molecule has 2 atom stereocenters. The van der Waals surface area contributed by atoms with Gasteiger partial charge in [0, 0.05) is 12.1 Å². The van der Waals surface area contributed by atoms with Crippen LogP contribution in [0.3, 0.4) is 0 Å². The minimum Gasteiger partial charge on any atom is -0.454 e. The lowest BCUT2D eigenvalue weighted by Gasteiger charge is -2.27. The van der Waals surface area contributed by atoms with E-state index < -0.39 is 0 Å². The summed E-state index contributed by atoms with van der Waals surface area (Å²) in [5, 5.41) is 5.93. The number of rotatable bonds is 2. The van der Waals surface area contributed by atoms with Gasteiger partial charge in [-0.15, -0.1) is 0 Å². The summed E-state index contributed by atoms with van der Waals surface area (Å²) in [5.74, 6) is 1.76. The molecule has 0 aromatic heterocycles. The van der Waals surface area contributed by atoms with Crippen molar-refractivity contribution >= 4 is 11.9 Å². The monoisotopic (exact) mass is 289 g/mol. The molecule has 3 aliphatic rings. The molecule has 4 N–H and O–H groups in total. The van der Waals surface area contributed by atoms with Gasteiger partial charge < -0.3 is 14.8 Å². The van der Waals surface area contributed by atoms with Gasteiger partial charge >= 0.3 is 0 Å². The van der Waals surface area contributed by atoms with Gasteiger partial charge in [-0.05, 0) is 6.07 Å². The van der Waals surface area contributed by atoms with E-state index in [4.69, 9.17) is 9.47 Å². The Hall–Kier alpha value is -2.32. The molecule has 2 unspecified atom stereocenters. The van der Waals surface area contributed by atoms with E-state index in [2.05, 4.69) is 26.5 Å². The first-order valence-corrected chi connectivity index (χ1v) is 6.79. The fraction of sp³-hybridized carbons (Fsp3) is 0.385. The lowest BCUT2D eigenvalue weighted by molar-refractivity contribution is -0.124. The van der Waals surface area contributed by atoms with Crippen molar-refractivity contribution in [2.75, 3.05) is 13.3 Å². The van der Waals surface area contributed by atoms with Crippen molar-refractivity contribution in [3.05, 3.63) is 23.8 Å². The topological polar surface area (TPSA) is 96.0 Å². The van der Waals surface area contributed by atoms with Crippen LogP contribution in [0.2, 0.25) is 0 Å². The Kier molecular flexibility index (Phi) is 2.90. The van der Waals surface area contributed by atoms with Crippen LogP contribution in [0.4, 0.5) is 0 Å². The summed E-state index contributed by atoms with van der Waals surface area (Å²) in [6.45, 7) is 1.24. The zero-order chi connectivity index (χ0) is 14.2. The summed E-state index contributed by atoms with van der Waals surface area (Å²) < 4.78 is 10.8. The second-order valence-electron chi connectivity index (χ2n) is 5.06. The van der Waals surface area contributed by atoms with Crippen molar-refractivity contribution in [1.29, 1.82) is 0 Å². The molecule has 110 valence electrons. The quantitative estimate of drug-likeness (QED) is 0.560. The van der Waals surface area contributed by atoms with Crippen molar-refractivity contribution in [3.63, 3.8) is 0 Å². The molecule has 1 aromatic rings. The standard InChI is InChI=1S/C13H15N5O3/c19-12-8-5-15-18-11(8)16-13(17-12)14-4-7-2-1-3-9-10(7)21-6-20-9/h1-3,8,11,15,18H,4-6H2,(H2,14,16,17,19). The molecule has 0 saturated carbocycles. The number of para-hydroxylation sites is 1. The number of ether oxygens (including phenoxy) is 2. The van der Waals surface area contributed by atoms with Crippen LogP contribution in [-0.2, 0) is 11.3 Å². The Labute approximate surface area is 120 Å². The number of carbonyl (C=O) groups excluding carboxylic acids is 1. The number of hydrogen-bond donors (Lipinski definition) is 4. The number of hydrazine groups is 1. The molecule has 1 aromatic carbocycles. The molecule has 3 heterocycles. The number of amides is 1. The largest absolute Gasteiger partial charge is 0.454 e. The number of nitrogens with one attached hydrogen (secondary N) is 4. The van der Waals surface area contributed by atoms with Crippen molar-refractivity contribution in [1.82, 2.24) is 21.5 Å². The first-order chi connectivity index (χ1) is 10.3. The molecule has 2 saturated heterocycles. The fourth-order valence-electron chi connectivity index (χ4n) is 2.64. The van der Waals surface area contributed by atoms with E-state index in [1.54, 1.807) is 0 Å². The Bertz CT molecular complexity index is 618. The molecule has 3 aliphatic heterocycles. The first-order valence-electron chi connectivity index (χ1n) is 6.79. The second kappa shape index (κ2) is 4.90. The highest BCUT2D eigenvalue weighted by Crippen LogP contribution is 2.35. The Morgan fingerprint density at radius 2 is 2.29 bits per heavy atom. The molecule has 1 amide bonds. The lowest BCUT2D eigenvalue weighted by atomic mass is 10.1. The van der Waals surface area contributed by atoms with Gasteiger partial charge in [0.1, 0.15) is 6.17 Å². The van der Waals surface area contributed by atoms with Gasteiger partial charge in [0.15, 0.2) is 17.5 Å². The third-order valence-electron chi connectivity index (χ3n) is 3.74. The Morgan fingerprint density at radius 3 is 3.24 bits per heavy atom. The van der Waals surface area contributed by atoms with Crippen LogP contribution in [-0.4, -0.2) is 31.4 Å². The number of hydrogen-bond acceptors (Lipinski definition) is 6. The van der Waals surface area contributed by atoms with Crippen LogP contribution in [0.15, 0.2) is 23.2 Å². The van der Waals surface area contributed by atoms with Crippen molar-refractivity contribution in [3.8, 4) is 11.5 Å². The van der Waals surface area contributed by atoms with E-state index in [-0.39, 0.29) is 24.8 Å². The van der Waals surface area contributed by atoms with Gasteiger partial charge in [0.2, 0.25) is 12.7 Å². The zero-order valence-corrected chi connectivity index (χ0v) is 11.2. The van der Waals surface area contributed by atoms with Gasteiger partial charge in [0.25, 0.3) is 0 Å². The average molecular weight is 289 g/mol. The highest BCUT2D eigenvalue weighted by molar-refractivity contribution is 6.01. The van der Waals surface area contributed by atoms with Gasteiger partial charge in [-0.1, -0.05) is 12.1 Å². The SMILES string of the molecule is O=C1NC(=NCc2cccc3c2OCO3)NC2NNCC12. The number of benzene rings is 1. The number of carbonyl (C=O) groups is 1. The molecule has 2 fully saturated rings. The minimum atomic E-state index is -0.126. The predicted octanol–water partition coefficient (Wildman–Crippen LogP) is -0.959. The minimum absolute atomic E-state index is 0.0344. The third-order valence-corrected chi connectivity index (χ3v) is 3.74. The summed E-state index contributed by atoms with van der Waals surface area (Å²) in [6.07, 6.45) is -0.126. The van der Waals surface area contributed by atoms with Crippen LogP contribution in [0, 0.1) is 5.92 Å². The summed E-state index contributed by atoms with van der Waals surface area (Å²) in [5.41, 5.74) is 6.89. The van der Waals surface area contributed by atoms with Crippen LogP contribution in [0.1, 0.15) is 5.56 Å². The van der Waals surface area contributed by atoms with E-state index in [9.17, 15) is 4.79 Å². The van der Waals surface area contributed by atoms with E-state index in [1.807, 2.05) is 18.2 Å². The smallest absolute Gasteiger partial charge is 0.234 e. The van der Waals surface area contributed by atoms with Crippen molar-refractivity contribution < 1.29 is 14.3 Å². The Balaban J connectivity index is 1.51. The molecule has 21 heavy (non-hydrogen) atoms. The Morgan fingerprint density at radius 1 is 1.33 bits per heavy atom. The van der Waals surface area contributed by atoms with E-state index in [0.29, 0.717) is 19.0 Å². The number of guanidine groups is 1. The molecule has 0 aliphatic carbocycles. The summed E-state index contributed by atoms with van der Waals surface area (Å²) in [4.78, 5) is 16.3. The number of fused-ring (bicyclic) bond motifs is 2. The first kappa shape index (κ1) is 12.4. The van der Waals surface area contributed by atoms with E-state index in [0.717, 1.165) is 17.1 Å². The molecule has 8 heteroatoms. The lowest BCUT2D eigenvalue weighted by Crippen LogP contribution is -2.61.